The van der Waals surface area contributed by atoms with Gasteiger partial charge in [-0.25, -0.2) is 23.0 Å². The Morgan fingerprint density at radius 3 is 2.22 bits per heavy atom. The molecule has 0 fully saturated rings. The number of urea groups is 1. The average Bonchev–Trinajstić information content (AvgIpc) is 3.28. The molecule has 2 amide bonds. The highest BCUT2D eigenvalue weighted by Crippen LogP contribution is 2.33. The number of halogens is 5. The first-order chi connectivity index (χ1) is 17.4. The van der Waals surface area contributed by atoms with Crippen molar-refractivity contribution in [2.75, 3.05) is 5.32 Å². The zero-order valence-corrected chi connectivity index (χ0v) is 19.1. The fourth-order valence-electron chi connectivity index (χ4n) is 3.17. The topological polar surface area (TPSA) is 102 Å². The molecule has 1 aromatic heterocycles. The van der Waals surface area contributed by atoms with E-state index in [0.717, 1.165) is 22.9 Å². The standard InChI is InChI=1S/C23H15F5N4O4S/c24-15-8-11-20(18(25)12-15)36-37(34,35)31-22(33)29-16-9-6-14(7-10-16)19-13-21(23(26,27)28)30-32(19)17-4-2-1-3-5-17/h1-13H,(H2,29,31,33). The molecule has 0 unspecified atom stereocenters. The Bertz CT molecular complexity index is 1540. The van der Waals surface area contributed by atoms with Gasteiger partial charge in [-0.2, -0.15) is 26.7 Å². The van der Waals surface area contributed by atoms with E-state index in [4.69, 9.17) is 0 Å². The number of carbonyl (C=O) groups excluding carboxylic acids is 1. The number of alkyl halides is 3. The maximum Gasteiger partial charge on any atom is 0.435 e. The second kappa shape index (κ2) is 9.89. The molecule has 4 aromatic rings. The van der Waals surface area contributed by atoms with Crippen molar-refractivity contribution in [1.29, 1.82) is 0 Å². The van der Waals surface area contributed by atoms with E-state index in [1.165, 1.54) is 29.0 Å². The van der Waals surface area contributed by atoms with Crippen LogP contribution in [-0.2, 0) is 16.5 Å². The van der Waals surface area contributed by atoms with Gasteiger partial charge >= 0.3 is 22.5 Å². The van der Waals surface area contributed by atoms with Gasteiger partial charge in [0.05, 0.1) is 11.4 Å². The SMILES string of the molecule is O=C(Nc1ccc(-c2cc(C(F)(F)F)nn2-c2ccccc2)cc1)NS(=O)(=O)Oc1ccc(F)cc1F. The van der Waals surface area contributed by atoms with E-state index >= 15 is 0 Å². The van der Waals surface area contributed by atoms with Crippen LogP contribution < -0.4 is 14.2 Å². The number of nitrogens with zero attached hydrogens (tertiary/aromatic N) is 2. The van der Waals surface area contributed by atoms with Crippen LogP contribution in [0.5, 0.6) is 5.75 Å². The largest absolute Gasteiger partial charge is 0.435 e. The maximum atomic E-state index is 13.6. The summed E-state index contributed by atoms with van der Waals surface area (Å²) in [5.41, 5.74) is -0.202. The molecule has 0 saturated carbocycles. The molecule has 0 spiro atoms. The average molecular weight is 538 g/mol. The van der Waals surface area contributed by atoms with Gasteiger partial charge in [-0.05, 0) is 42.5 Å². The maximum absolute atomic E-state index is 13.6. The quantitative estimate of drug-likeness (QED) is 0.325. The molecule has 0 saturated heterocycles. The molecule has 14 heteroatoms. The second-order valence-corrected chi connectivity index (χ2v) is 8.68. The smallest absolute Gasteiger partial charge is 0.364 e. The van der Waals surface area contributed by atoms with Crippen molar-refractivity contribution in [2.45, 2.75) is 6.18 Å². The molecule has 0 atom stereocenters. The van der Waals surface area contributed by atoms with E-state index in [1.54, 1.807) is 30.3 Å². The van der Waals surface area contributed by atoms with Crippen LogP contribution in [0.25, 0.3) is 16.9 Å². The summed E-state index contributed by atoms with van der Waals surface area (Å²) in [4.78, 5) is 12.1. The third-order valence-corrected chi connectivity index (χ3v) is 5.58. The minimum Gasteiger partial charge on any atom is -0.364 e. The van der Waals surface area contributed by atoms with Gasteiger partial charge in [0.25, 0.3) is 0 Å². The second-order valence-electron chi connectivity index (χ2n) is 7.41. The molecule has 0 aliphatic heterocycles. The number of anilines is 1. The number of para-hydroxylation sites is 1. The molecular formula is C23H15F5N4O4S. The lowest BCUT2D eigenvalue weighted by Crippen LogP contribution is -2.37. The van der Waals surface area contributed by atoms with E-state index in [9.17, 15) is 35.2 Å². The zero-order chi connectivity index (χ0) is 26.8. The molecule has 4 rings (SSSR count). The van der Waals surface area contributed by atoms with Crippen LogP contribution in [0.1, 0.15) is 5.69 Å². The Labute approximate surface area is 206 Å². The summed E-state index contributed by atoms with van der Waals surface area (Å²) in [7, 11) is -4.83. The monoisotopic (exact) mass is 538 g/mol. The number of hydrogen-bond donors (Lipinski definition) is 2. The summed E-state index contributed by atoms with van der Waals surface area (Å²) in [5.74, 6) is -3.10. The molecule has 1 heterocycles. The van der Waals surface area contributed by atoms with Gasteiger partial charge in [0, 0.05) is 17.3 Å². The van der Waals surface area contributed by atoms with Gasteiger partial charge in [0.15, 0.2) is 17.3 Å². The normalized spacial score (nSPS) is 11.7. The molecule has 0 bridgehead atoms. The van der Waals surface area contributed by atoms with Gasteiger partial charge in [-0.1, -0.05) is 30.3 Å². The molecule has 192 valence electrons. The summed E-state index contributed by atoms with van der Waals surface area (Å²) in [6, 6.07) is 15.0. The van der Waals surface area contributed by atoms with Crippen LogP contribution in [-0.4, -0.2) is 24.2 Å². The van der Waals surface area contributed by atoms with Crippen molar-refractivity contribution in [3.05, 3.63) is 96.2 Å². The number of nitrogens with one attached hydrogen (secondary N) is 2. The van der Waals surface area contributed by atoms with Crippen LogP contribution in [0.3, 0.4) is 0 Å². The third kappa shape index (κ3) is 6.22. The van der Waals surface area contributed by atoms with Gasteiger partial charge < -0.3 is 9.50 Å². The molecule has 37 heavy (non-hydrogen) atoms. The highest BCUT2D eigenvalue weighted by atomic mass is 32.2. The van der Waals surface area contributed by atoms with Gasteiger partial charge in [0.2, 0.25) is 0 Å². The first-order valence-corrected chi connectivity index (χ1v) is 11.6. The Kier molecular flexibility index (Phi) is 6.85. The number of hydrogen-bond acceptors (Lipinski definition) is 5. The Hall–Kier alpha value is -4.46. The van der Waals surface area contributed by atoms with Crippen LogP contribution >= 0.6 is 0 Å². The molecule has 3 aromatic carbocycles. The summed E-state index contributed by atoms with van der Waals surface area (Å²) < 4.78 is 97.5. The summed E-state index contributed by atoms with van der Waals surface area (Å²) in [5, 5.41) is 5.86. The van der Waals surface area contributed by atoms with Crippen molar-refractivity contribution >= 4 is 22.0 Å². The van der Waals surface area contributed by atoms with Gasteiger partial charge in [-0.15, -0.1) is 0 Å². The Balaban J connectivity index is 1.50. The van der Waals surface area contributed by atoms with Crippen molar-refractivity contribution in [3.8, 4) is 22.7 Å². The molecule has 0 radical (unpaired) electrons. The van der Waals surface area contributed by atoms with Crippen molar-refractivity contribution in [2.24, 2.45) is 0 Å². The fourth-order valence-corrected chi connectivity index (χ4v) is 3.86. The molecule has 0 aliphatic carbocycles. The first-order valence-electron chi connectivity index (χ1n) is 10.2. The number of benzene rings is 3. The van der Waals surface area contributed by atoms with Crippen LogP contribution in [0.15, 0.2) is 78.9 Å². The molecule has 8 nitrogen and oxygen atoms in total. The van der Waals surface area contributed by atoms with Gasteiger partial charge in [-0.3, -0.25) is 0 Å². The Morgan fingerprint density at radius 2 is 1.59 bits per heavy atom. The van der Waals surface area contributed by atoms with Crippen molar-refractivity contribution in [1.82, 2.24) is 14.5 Å². The number of rotatable bonds is 6. The van der Waals surface area contributed by atoms with E-state index in [-0.39, 0.29) is 11.4 Å². The summed E-state index contributed by atoms with van der Waals surface area (Å²) in [6.45, 7) is 0. The number of carbonyl (C=O) groups is 1. The van der Waals surface area contributed by atoms with Crippen LogP contribution in [0, 0.1) is 11.6 Å². The first kappa shape index (κ1) is 25.6. The predicted molar refractivity (Wildman–Crippen MR) is 122 cm³/mol. The third-order valence-electron chi connectivity index (χ3n) is 4.75. The van der Waals surface area contributed by atoms with E-state index in [1.807, 2.05) is 0 Å². The Morgan fingerprint density at radius 1 is 0.919 bits per heavy atom. The summed E-state index contributed by atoms with van der Waals surface area (Å²) in [6.07, 6.45) is -4.68. The predicted octanol–water partition coefficient (Wildman–Crippen LogP) is 5.28. The van der Waals surface area contributed by atoms with Crippen molar-refractivity contribution < 1.29 is 39.3 Å². The minimum absolute atomic E-state index is 0.0752. The van der Waals surface area contributed by atoms with Crippen molar-refractivity contribution in [3.63, 3.8) is 0 Å². The lowest BCUT2D eigenvalue weighted by atomic mass is 10.1. The number of aromatic nitrogens is 2. The van der Waals surface area contributed by atoms with E-state index < -0.39 is 45.6 Å². The molecular weight excluding hydrogens is 523 g/mol. The molecule has 0 aliphatic rings. The van der Waals surface area contributed by atoms with E-state index in [2.05, 4.69) is 14.6 Å². The number of amides is 2. The lowest BCUT2D eigenvalue weighted by Gasteiger charge is -2.11. The zero-order valence-electron chi connectivity index (χ0n) is 18.3. The van der Waals surface area contributed by atoms with E-state index in [0.29, 0.717) is 17.3 Å². The van der Waals surface area contributed by atoms with Crippen LogP contribution in [0.2, 0.25) is 0 Å². The summed E-state index contributed by atoms with van der Waals surface area (Å²) >= 11 is 0. The fraction of sp³-hybridized carbons (Fsp3) is 0.0435. The minimum atomic E-state index is -4.83. The van der Waals surface area contributed by atoms with Crippen LogP contribution in [0.4, 0.5) is 32.4 Å². The molecule has 2 N–H and O–H groups in total. The van der Waals surface area contributed by atoms with Gasteiger partial charge in [0.1, 0.15) is 5.82 Å². The highest BCUT2D eigenvalue weighted by molar-refractivity contribution is 7.85. The highest BCUT2D eigenvalue weighted by Gasteiger charge is 2.35. The lowest BCUT2D eigenvalue weighted by molar-refractivity contribution is -0.141.